The Morgan fingerprint density at radius 1 is 1.21 bits per heavy atom. The number of piperazine rings is 1. The molecule has 0 unspecified atom stereocenters. The number of rotatable bonds is 4. The highest BCUT2D eigenvalue weighted by Gasteiger charge is 2.23. The van der Waals surface area contributed by atoms with Crippen LogP contribution in [0.25, 0.3) is 10.9 Å². The zero-order valence-electron chi connectivity index (χ0n) is 16.8. The van der Waals surface area contributed by atoms with Gasteiger partial charge in [-0.1, -0.05) is 18.2 Å². The number of fused-ring (bicyclic) bond motifs is 1. The summed E-state index contributed by atoms with van der Waals surface area (Å²) in [5.41, 5.74) is 3.75. The number of carbonyl (C=O) groups excluding carboxylic acids is 1. The fraction of sp³-hybridized carbons (Fsp3) is 0.500. The summed E-state index contributed by atoms with van der Waals surface area (Å²) >= 11 is 0. The highest BCUT2D eigenvalue weighted by Crippen LogP contribution is 2.21. The van der Waals surface area contributed by atoms with E-state index in [1.165, 1.54) is 22.2 Å². The zero-order chi connectivity index (χ0) is 19.2. The fourth-order valence-electron chi connectivity index (χ4n) is 3.60. The molecule has 154 valence electrons. The second-order valence-corrected chi connectivity index (χ2v) is 6.67. The summed E-state index contributed by atoms with van der Waals surface area (Å²) in [5.74, 6) is 0.885. The van der Waals surface area contributed by atoms with Gasteiger partial charge in [0.1, 0.15) is 0 Å². The molecule has 1 aliphatic rings. The Balaban J connectivity index is 0.00000280. The summed E-state index contributed by atoms with van der Waals surface area (Å²) in [6, 6.07) is 8.41. The first-order valence-corrected chi connectivity index (χ1v) is 9.57. The van der Waals surface area contributed by atoms with Crippen molar-refractivity contribution in [1.82, 2.24) is 20.1 Å². The Kier molecular flexibility index (Phi) is 8.40. The number of aromatic nitrogens is 1. The van der Waals surface area contributed by atoms with E-state index in [4.69, 9.17) is 4.74 Å². The molecule has 1 fully saturated rings. The topological polar surface area (TPSA) is 73.0 Å². The Bertz CT molecular complexity index is 812. The van der Waals surface area contributed by atoms with Crippen LogP contribution in [0.1, 0.15) is 18.2 Å². The standard InChI is InChI=1S/C20H29N5O2.HI/c1-4-27-20(26)25-13-11-24(12-14-25)19(21-3)22-10-9-16-15(2)23-18-8-6-5-7-17(16)18;/h5-8,23H,4,9-14H2,1-3H3,(H,21,22);1H. The van der Waals surface area contributed by atoms with Crippen molar-refractivity contribution < 1.29 is 9.53 Å². The molecule has 1 aliphatic heterocycles. The number of para-hydroxylation sites is 1. The van der Waals surface area contributed by atoms with Crippen LogP contribution in [0.4, 0.5) is 4.79 Å². The maximum Gasteiger partial charge on any atom is 0.409 e. The number of aliphatic imine (C=N–C) groups is 1. The summed E-state index contributed by atoms with van der Waals surface area (Å²) in [5, 5.41) is 4.75. The van der Waals surface area contributed by atoms with E-state index in [-0.39, 0.29) is 30.1 Å². The van der Waals surface area contributed by atoms with Gasteiger partial charge in [0.25, 0.3) is 0 Å². The first kappa shape index (κ1) is 22.3. The van der Waals surface area contributed by atoms with Crippen molar-refractivity contribution in [3.63, 3.8) is 0 Å². The normalized spacial score (nSPS) is 14.8. The Morgan fingerprint density at radius 2 is 1.89 bits per heavy atom. The van der Waals surface area contributed by atoms with Gasteiger partial charge < -0.3 is 24.8 Å². The molecule has 28 heavy (non-hydrogen) atoms. The van der Waals surface area contributed by atoms with E-state index in [0.717, 1.165) is 32.0 Å². The van der Waals surface area contributed by atoms with E-state index in [9.17, 15) is 4.79 Å². The molecule has 0 saturated carbocycles. The number of hydrogen-bond acceptors (Lipinski definition) is 3. The second-order valence-electron chi connectivity index (χ2n) is 6.67. The van der Waals surface area contributed by atoms with Crippen molar-refractivity contribution in [3.8, 4) is 0 Å². The molecule has 1 aromatic heterocycles. The maximum absolute atomic E-state index is 11.8. The largest absolute Gasteiger partial charge is 0.450 e. The summed E-state index contributed by atoms with van der Waals surface area (Å²) in [7, 11) is 1.80. The highest BCUT2D eigenvalue weighted by atomic mass is 127. The third kappa shape index (κ3) is 5.09. The van der Waals surface area contributed by atoms with E-state index in [1.54, 1.807) is 11.9 Å². The van der Waals surface area contributed by atoms with Crippen LogP contribution in [0.3, 0.4) is 0 Å². The van der Waals surface area contributed by atoms with Crippen molar-refractivity contribution >= 4 is 46.9 Å². The van der Waals surface area contributed by atoms with E-state index >= 15 is 0 Å². The summed E-state index contributed by atoms with van der Waals surface area (Å²) < 4.78 is 5.08. The lowest BCUT2D eigenvalue weighted by atomic mass is 10.1. The summed E-state index contributed by atoms with van der Waals surface area (Å²) in [4.78, 5) is 23.6. The number of carbonyl (C=O) groups is 1. The quantitative estimate of drug-likeness (QED) is 0.386. The van der Waals surface area contributed by atoms with Gasteiger partial charge in [0.2, 0.25) is 0 Å². The van der Waals surface area contributed by atoms with Crippen LogP contribution in [0.2, 0.25) is 0 Å². The van der Waals surface area contributed by atoms with Crippen LogP contribution in [0.5, 0.6) is 0 Å². The van der Waals surface area contributed by atoms with Crippen LogP contribution in [-0.2, 0) is 11.2 Å². The van der Waals surface area contributed by atoms with Gasteiger partial charge in [0, 0.05) is 56.4 Å². The molecule has 3 rings (SSSR count). The van der Waals surface area contributed by atoms with Crippen molar-refractivity contribution in [2.45, 2.75) is 20.3 Å². The monoisotopic (exact) mass is 499 g/mol. The first-order valence-electron chi connectivity index (χ1n) is 9.57. The molecule has 1 amide bonds. The average molecular weight is 499 g/mol. The van der Waals surface area contributed by atoms with Crippen molar-refractivity contribution in [1.29, 1.82) is 0 Å². The third-order valence-corrected chi connectivity index (χ3v) is 5.00. The van der Waals surface area contributed by atoms with Gasteiger partial charge in [0.05, 0.1) is 6.61 Å². The number of nitrogens with zero attached hydrogens (tertiary/aromatic N) is 3. The molecule has 0 bridgehead atoms. The lowest BCUT2D eigenvalue weighted by Crippen LogP contribution is -2.54. The molecular formula is C20H30IN5O2. The number of aryl methyl sites for hydroxylation is 1. The molecular weight excluding hydrogens is 469 g/mol. The predicted molar refractivity (Wildman–Crippen MR) is 124 cm³/mol. The van der Waals surface area contributed by atoms with Gasteiger partial charge in [0.15, 0.2) is 5.96 Å². The number of H-pyrrole nitrogens is 1. The number of ether oxygens (including phenoxy) is 1. The van der Waals surface area contributed by atoms with Gasteiger partial charge in [-0.3, -0.25) is 4.99 Å². The fourth-order valence-corrected chi connectivity index (χ4v) is 3.60. The molecule has 8 heteroatoms. The number of aromatic amines is 1. The van der Waals surface area contributed by atoms with Gasteiger partial charge in [-0.2, -0.15) is 0 Å². The minimum Gasteiger partial charge on any atom is -0.450 e. The molecule has 1 saturated heterocycles. The molecule has 2 heterocycles. The first-order chi connectivity index (χ1) is 13.1. The van der Waals surface area contributed by atoms with Crippen LogP contribution in [-0.4, -0.2) is 73.2 Å². The molecule has 2 N–H and O–H groups in total. The molecule has 0 atom stereocenters. The number of halogens is 1. The SMILES string of the molecule is CCOC(=O)N1CCN(C(=NC)NCCc2c(C)[nH]c3ccccc23)CC1.I. The number of amides is 1. The average Bonchev–Trinajstić information content (AvgIpc) is 3.01. The van der Waals surface area contributed by atoms with Crippen molar-refractivity contribution in [2.24, 2.45) is 4.99 Å². The number of nitrogens with one attached hydrogen (secondary N) is 2. The van der Waals surface area contributed by atoms with Gasteiger partial charge >= 0.3 is 6.09 Å². The van der Waals surface area contributed by atoms with Crippen LogP contribution in [0.15, 0.2) is 29.3 Å². The molecule has 0 radical (unpaired) electrons. The van der Waals surface area contributed by atoms with Crippen molar-refractivity contribution in [2.75, 3.05) is 46.4 Å². The summed E-state index contributed by atoms with van der Waals surface area (Å²) in [6.45, 7) is 7.99. The Hall–Kier alpha value is -1.97. The Morgan fingerprint density at radius 3 is 2.57 bits per heavy atom. The van der Waals surface area contributed by atoms with Gasteiger partial charge in [-0.05, 0) is 31.9 Å². The minimum absolute atomic E-state index is 0. The zero-order valence-corrected chi connectivity index (χ0v) is 19.2. The predicted octanol–water partition coefficient (Wildman–Crippen LogP) is 2.99. The van der Waals surface area contributed by atoms with Gasteiger partial charge in [-0.25, -0.2) is 4.79 Å². The van der Waals surface area contributed by atoms with E-state index in [0.29, 0.717) is 19.7 Å². The van der Waals surface area contributed by atoms with Crippen molar-refractivity contribution in [3.05, 3.63) is 35.5 Å². The summed E-state index contributed by atoms with van der Waals surface area (Å²) in [6.07, 6.45) is 0.701. The van der Waals surface area contributed by atoms with E-state index in [1.807, 2.05) is 6.92 Å². The van der Waals surface area contributed by atoms with E-state index < -0.39 is 0 Å². The highest BCUT2D eigenvalue weighted by molar-refractivity contribution is 14.0. The maximum atomic E-state index is 11.8. The van der Waals surface area contributed by atoms with Crippen LogP contribution >= 0.6 is 24.0 Å². The lowest BCUT2D eigenvalue weighted by molar-refractivity contribution is 0.0915. The van der Waals surface area contributed by atoms with Crippen LogP contribution < -0.4 is 5.32 Å². The lowest BCUT2D eigenvalue weighted by Gasteiger charge is -2.35. The minimum atomic E-state index is -0.227. The number of guanidine groups is 1. The molecule has 0 spiro atoms. The molecule has 7 nitrogen and oxygen atoms in total. The van der Waals surface area contributed by atoms with Crippen LogP contribution in [0, 0.1) is 6.92 Å². The van der Waals surface area contributed by atoms with Gasteiger partial charge in [-0.15, -0.1) is 24.0 Å². The molecule has 2 aromatic rings. The molecule has 0 aliphatic carbocycles. The Labute approximate surface area is 183 Å². The number of benzene rings is 1. The smallest absolute Gasteiger partial charge is 0.409 e. The number of hydrogen-bond donors (Lipinski definition) is 2. The molecule has 1 aromatic carbocycles. The second kappa shape index (κ2) is 10.5. The van der Waals surface area contributed by atoms with E-state index in [2.05, 4.69) is 51.4 Å². The third-order valence-electron chi connectivity index (χ3n) is 5.00.